The van der Waals surface area contributed by atoms with E-state index in [1.165, 1.54) is 0 Å². The van der Waals surface area contributed by atoms with Crippen molar-refractivity contribution in [1.82, 2.24) is 0 Å². The fourth-order valence-electron chi connectivity index (χ4n) is 0.820. The van der Waals surface area contributed by atoms with Gasteiger partial charge in [-0.2, -0.15) is 0 Å². The van der Waals surface area contributed by atoms with Crippen molar-refractivity contribution in [3.63, 3.8) is 0 Å². The molecule has 10 heteroatoms. The van der Waals surface area contributed by atoms with Gasteiger partial charge in [0.05, 0.1) is 0 Å². The van der Waals surface area contributed by atoms with E-state index in [0.29, 0.717) is 0 Å². The average Bonchev–Trinajstić information content (AvgIpc) is 2.24. The summed E-state index contributed by atoms with van der Waals surface area (Å²) in [5, 5.41) is -0.252. The quantitative estimate of drug-likeness (QED) is 0.435. The molecule has 1 aliphatic heterocycles. The molecule has 1 aliphatic rings. The van der Waals surface area contributed by atoms with Crippen molar-refractivity contribution in [1.29, 1.82) is 0 Å². The van der Waals surface area contributed by atoms with Gasteiger partial charge >= 0.3 is 0 Å². The van der Waals surface area contributed by atoms with Crippen LogP contribution in [0.4, 0.5) is 0 Å². The summed E-state index contributed by atoms with van der Waals surface area (Å²) in [7, 11) is 0. The normalized spacial score (nSPS) is 27.7. The summed E-state index contributed by atoms with van der Waals surface area (Å²) in [5.74, 6) is 0. The lowest BCUT2D eigenvalue weighted by Crippen LogP contribution is -2.47. The van der Waals surface area contributed by atoms with Gasteiger partial charge in [0.15, 0.2) is 0 Å². The molecule has 0 fully saturated rings. The molecule has 0 N–H and O–H groups in total. The van der Waals surface area contributed by atoms with Crippen LogP contribution in [0.5, 0.6) is 0 Å². The highest BCUT2D eigenvalue weighted by Crippen LogP contribution is 2.51. The van der Waals surface area contributed by atoms with Gasteiger partial charge in [-0.05, 0) is 11.6 Å². The molecular weight excluding hydrogens is 372 g/mol. The molecule has 1 unspecified atom stereocenters. The van der Waals surface area contributed by atoms with E-state index in [1.54, 1.807) is 0 Å². The van der Waals surface area contributed by atoms with Gasteiger partial charge in [-0.25, -0.2) is 9.98 Å². The summed E-state index contributed by atoms with van der Waals surface area (Å²) in [6.07, 6.45) is 0. The molecule has 0 aromatic rings. The predicted octanol–water partition coefficient (Wildman–Crippen LogP) is 4.71. The molecule has 0 aliphatic carbocycles. The van der Waals surface area contributed by atoms with Gasteiger partial charge in [-0.1, -0.05) is 81.2 Å². The molecule has 0 radical (unpaired) electrons. The maximum atomic E-state index is 5.94. The first-order valence-corrected chi connectivity index (χ1v) is 6.18. The predicted molar refractivity (Wildman–Crippen MR) is 69.9 cm³/mol. The number of hydrogen-bond acceptors (Lipinski definition) is 2. The number of aliphatic imine (C=N–C) groups is 2. The number of halogens is 8. The van der Waals surface area contributed by atoms with Gasteiger partial charge < -0.3 is 0 Å². The Morgan fingerprint density at radius 1 is 1.00 bits per heavy atom. The molecular formula is C5Cl8N2. The third-order valence-corrected chi connectivity index (χ3v) is 3.77. The Balaban J connectivity index is 3.27. The Kier molecular flexibility index (Phi) is 4.32. The van der Waals surface area contributed by atoms with E-state index in [2.05, 4.69) is 9.98 Å². The van der Waals surface area contributed by atoms with Crippen LogP contribution in [0.15, 0.2) is 9.98 Å². The maximum absolute atomic E-state index is 5.94. The van der Waals surface area contributed by atoms with Crippen molar-refractivity contribution in [2.75, 3.05) is 0 Å². The summed E-state index contributed by atoms with van der Waals surface area (Å²) < 4.78 is -4.01. The lowest BCUT2D eigenvalue weighted by molar-refractivity contribution is 0.812. The topological polar surface area (TPSA) is 24.7 Å². The van der Waals surface area contributed by atoms with Crippen LogP contribution >= 0.6 is 92.8 Å². The molecule has 2 nitrogen and oxygen atoms in total. The molecule has 0 bridgehead atoms. The van der Waals surface area contributed by atoms with E-state index in [-0.39, 0.29) is 11.0 Å². The van der Waals surface area contributed by atoms with Crippen LogP contribution < -0.4 is 0 Å². The van der Waals surface area contributed by atoms with Crippen LogP contribution in [-0.2, 0) is 0 Å². The molecule has 86 valence electrons. The van der Waals surface area contributed by atoms with Crippen molar-refractivity contribution in [2.24, 2.45) is 9.98 Å². The van der Waals surface area contributed by atoms with Crippen molar-refractivity contribution < 1.29 is 0 Å². The van der Waals surface area contributed by atoms with Crippen LogP contribution in [0.3, 0.4) is 0 Å². The Bertz CT molecular complexity index is 336. The first kappa shape index (κ1) is 14.7. The van der Waals surface area contributed by atoms with Crippen LogP contribution in [0, 0.1) is 0 Å². The first-order chi connectivity index (χ1) is 6.48. The molecule has 0 saturated carbocycles. The molecule has 1 atom stereocenters. The Labute approximate surface area is 125 Å². The summed E-state index contributed by atoms with van der Waals surface area (Å²) in [6, 6.07) is 0. The monoisotopic (exact) mass is 368 g/mol. The molecule has 0 amide bonds. The van der Waals surface area contributed by atoms with Crippen molar-refractivity contribution in [3.8, 4) is 0 Å². The molecule has 0 aromatic carbocycles. The molecule has 0 aromatic heterocycles. The second kappa shape index (κ2) is 4.40. The number of rotatable bonds is 0. The second-order valence-electron chi connectivity index (χ2n) is 2.46. The standard InChI is InChI=1S/C5Cl8N2/c6-2-14-1(4(8,9)10)3(7,15-2)5(11,12)13. The SMILES string of the molecule is ClC1=NC(Cl)(C(Cl)(Cl)Cl)C(C(Cl)(Cl)Cl)=N1. The number of alkyl halides is 7. The average molecular weight is 372 g/mol. The van der Waals surface area contributed by atoms with Gasteiger partial charge in [-0.15, -0.1) is 0 Å². The van der Waals surface area contributed by atoms with Crippen molar-refractivity contribution in [2.45, 2.75) is 12.6 Å². The molecule has 15 heavy (non-hydrogen) atoms. The van der Waals surface area contributed by atoms with Crippen molar-refractivity contribution >= 4 is 104 Å². The molecule has 1 heterocycles. The highest BCUT2D eigenvalue weighted by atomic mass is 35.6. The highest BCUT2D eigenvalue weighted by molar-refractivity contribution is 6.83. The van der Waals surface area contributed by atoms with E-state index in [0.717, 1.165) is 0 Å². The third-order valence-electron chi connectivity index (χ3n) is 1.41. The minimum Gasteiger partial charge on any atom is -0.222 e. The van der Waals surface area contributed by atoms with Gasteiger partial charge in [0.25, 0.3) is 0 Å². The third kappa shape index (κ3) is 2.92. The largest absolute Gasteiger partial charge is 0.234 e. The van der Waals surface area contributed by atoms with Crippen LogP contribution in [0.1, 0.15) is 0 Å². The number of hydrogen-bond donors (Lipinski definition) is 0. The van der Waals surface area contributed by atoms with Gasteiger partial charge in [0.2, 0.25) is 17.9 Å². The van der Waals surface area contributed by atoms with Crippen LogP contribution in [0.25, 0.3) is 0 Å². The van der Waals surface area contributed by atoms with E-state index >= 15 is 0 Å². The first-order valence-electron chi connectivity index (χ1n) is 3.16. The second-order valence-corrected chi connectivity index (χ2v) is 7.91. The Morgan fingerprint density at radius 3 is 1.73 bits per heavy atom. The number of amidine groups is 1. The van der Waals surface area contributed by atoms with Crippen LogP contribution in [0.2, 0.25) is 0 Å². The van der Waals surface area contributed by atoms with Gasteiger partial charge in [0.1, 0.15) is 5.71 Å². The minimum atomic E-state index is -2.05. The van der Waals surface area contributed by atoms with E-state index in [9.17, 15) is 0 Å². The highest BCUT2D eigenvalue weighted by Gasteiger charge is 2.59. The molecule has 0 saturated heterocycles. The van der Waals surface area contributed by atoms with Gasteiger partial charge in [0, 0.05) is 0 Å². The van der Waals surface area contributed by atoms with Crippen molar-refractivity contribution in [3.05, 3.63) is 0 Å². The fourth-order valence-corrected chi connectivity index (χ4v) is 2.42. The fraction of sp³-hybridized carbons (Fsp3) is 0.600. The lowest BCUT2D eigenvalue weighted by Gasteiger charge is -2.30. The summed E-state index contributed by atoms with van der Waals surface area (Å²) in [6.45, 7) is 0. The zero-order chi connectivity index (χ0) is 12.1. The van der Waals surface area contributed by atoms with E-state index in [1.807, 2.05) is 0 Å². The Morgan fingerprint density at radius 2 is 1.47 bits per heavy atom. The van der Waals surface area contributed by atoms with E-state index < -0.39 is 12.6 Å². The summed E-state index contributed by atoms with van der Waals surface area (Å²) >= 11 is 45.1. The maximum Gasteiger partial charge on any atom is 0.234 e. The minimum absolute atomic E-state index is 0.252. The smallest absolute Gasteiger partial charge is 0.222 e. The molecule has 1 rings (SSSR count). The van der Waals surface area contributed by atoms with Gasteiger partial charge in [-0.3, -0.25) is 0 Å². The summed E-state index contributed by atoms with van der Waals surface area (Å²) in [5.41, 5.74) is -0.258. The summed E-state index contributed by atoms with van der Waals surface area (Å²) in [4.78, 5) is 5.35. The van der Waals surface area contributed by atoms with Crippen LogP contribution in [-0.4, -0.2) is 23.6 Å². The number of nitrogens with zero attached hydrogens (tertiary/aromatic N) is 2. The van der Waals surface area contributed by atoms with E-state index in [4.69, 9.17) is 92.8 Å². The zero-order valence-corrected chi connectivity index (χ0v) is 12.5. The molecule has 0 spiro atoms. The Hall–Kier alpha value is 1.66. The lowest BCUT2D eigenvalue weighted by atomic mass is 10.2. The zero-order valence-electron chi connectivity index (χ0n) is 6.42.